The number of hydrogen-bond donors (Lipinski definition) is 0. The Morgan fingerprint density at radius 2 is 1.83 bits per heavy atom. The second-order valence-corrected chi connectivity index (χ2v) is 4.60. The summed E-state index contributed by atoms with van der Waals surface area (Å²) in [6.07, 6.45) is 0.457. The van der Waals surface area contributed by atoms with Crippen LogP contribution in [0.4, 0.5) is 0 Å². The second-order valence-electron chi connectivity index (χ2n) is 4.60. The fraction of sp³-hybridized carbons (Fsp3) is 0.500. The number of piperazine rings is 1. The Morgan fingerprint density at radius 1 is 1.17 bits per heavy atom. The molecular formula is C14H20N2O2. The van der Waals surface area contributed by atoms with Crippen molar-refractivity contribution < 1.29 is 9.53 Å². The summed E-state index contributed by atoms with van der Waals surface area (Å²) in [5.74, 6) is 1.02. The molecule has 1 aliphatic heterocycles. The SMILES string of the molecule is CN1CCN(C(=O)CCOc2ccccc2)CC1. The zero-order chi connectivity index (χ0) is 12.8. The molecule has 4 nitrogen and oxygen atoms in total. The van der Waals surface area contributed by atoms with Crippen molar-refractivity contribution in [3.05, 3.63) is 30.3 Å². The van der Waals surface area contributed by atoms with E-state index in [4.69, 9.17) is 4.74 Å². The average molecular weight is 248 g/mol. The van der Waals surface area contributed by atoms with Gasteiger partial charge < -0.3 is 14.5 Å². The van der Waals surface area contributed by atoms with Crippen LogP contribution in [0, 0.1) is 0 Å². The maximum absolute atomic E-state index is 11.9. The molecule has 4 heteroatoms. The molecule has 1 aromatic rings. The van der Waals surface area contributed by atoms with Crippen LogP contribution >= 0.6 is 0 Å². The first-order chi connectivity index (χ1) is 8.75. The molecule has 0 N–H and O–H groups in total. The van der Waals surface area contributed by atoms with Gasteiger partial charge in [0.2, 0.25) is 5.91 Å². The smallest absolute Gasteiger partial charge is 0.226 e. The molecule has 2 rings (SSSR count). The van der Waals surface area contributed by atoms with Crippen LogP contribution in [0.15, 0.2) is 30.3 Å². The van der Waals surface area contributed by atoms with Crippen molar-refractivity contribution in [2.45, 2.75) is 6.42 Å². The van der Waals surface area contributed by atoms with Gasteiger partial charge in [-0.05, 0) is 19.2 Å². The zero-order valence-electron chi connectivity index (χ0n) is 10.8. The van der Waals surface area contributed by atoms with Gasteiger partial charge in [-0.2, -0.15) is 0 Å². The highest BCUT2D eigenvalue weighted by molar-refractivity contribution is 5.76. The Balaban J connectivity index is 1.69. The predicted octanol–water partition coefficient (Wildman–Crippen LogP) is 1.23. The highest BCUT2D eigenvalue weighted by atomic mass is 16.5. The first-order valence-corrected chi connectivity index (χ1v) is 6.40. The van der Waals surface area contributed by atoms with Crippen LogP contribution in [-0.4, -0.2) is 55.5 Å². The van der Waals surface area contributed by atoms with Crippen LogP contribution in [0.25, 0.3) is 0 Å². The monoisotopic (exact) mass is 248 g/mol. The number of benzene rings is 1. The molecule has 0 atom stereocenters. The molecule has 0 radical (unpaired) electrons. The maximum atomic E-state index is 11.9. The minimum absolute atomic E-state index is 0.194. The largest absolute Gasteiger partial charge is 0.493 e. The number of para-hydroxylation sites is 1. The third-order valence-electron chi connectivity index (χ3n) is 3.18. The van der Waals surface area contributed by atoms with Crippen LogP contribution in [0.3, 0.4) is 0 Å². The summed E-state index contributed by atoms with van der Waals surface area (Å²) >= 11 is 0. The van der Waals surface area contributed by atoms with Crippen molar-refractivity contribution in [3.8, 4) is 5.75 Å². The molecule has 98 valence electrons. The number of likely N-dealkylation sites (N-methyl/N-ethyl adjacent to an activating group) is 1. The fourth-order valence-corrected chi connectivity index (χ4v) is 1.99. The van der Waals surface area contributed by atoms with E-state index in [1.54, 1.807) is 0 Å². The van der Waals surface area contributed by atoms with E-state index in [9.17, 15) is 4.79 Å². The Labute approximate surface area is 108 Å². The molecule has 18 heavy (non-hydrogen) atoms. The Morgan fingerprint density at radius 3 is 2.50 bits per heavy atom. The van der Waals surface area contributed by atoms with Gasteiger partial charge in [0.25, 0.3) is 0 Å². The second kappa shape index (κ2) is 6.40. The molecule has 1 aliphatic rings. The summed E-state index contributed by atoms with van der Waals surface area (Å²) in [6.45, 7) is 4.05. The van der Waals surface area contributed by atoms with Crippen LogP contribution in [-0.2, 0) is 4.79 Å². The molecule has 0 spiro atoms. The lowest BCUT2D eigenvalue weighted by Gasteiger charge is -2.32. The minimum atomic E-state index is 0.194. The fourth-order valence-electron chi connectivity index (χ4n) is 1.99. The predicted molar refractivity (Wildman–Crippen MR) is 70.6 cm³/mol. The summed E-state index contributed by atoms with van der Waals surface area (Å²) in [5, 5.41) is 0. The number of ether oxygens (including phenoxy) is 1. The highest BCUT2D eigenvalue weighted by Gasteiger charge is 2.18. The molecule has 1 fully saturated rings. The van der Waals surface area contributed by atoms with Gasteiger partial charge in [-0.25, -0.2) is 0 Å². The Kier molecular flexibility index (Phi) is 4.59. The van der Waals surface area contributed by atoms with Crippen LogP contribution in [0.2, 0.25) is 0 Å². The summed E-state index contributed by atoms with van der Waals surface area (Å²) in [7, 11) is 2.08. The number of nitrogens with zero attached hydrogens (tertiary/aromatic N) is 2. The summed E-state index contributed by atoms with van der Waals surface area (Å²) in [5.41, 5.74) is 0. The Hall–Kier alpha value is -1.55. The van der Waals surface area contributed by atoms with Gasteiger partial charge in [0.1, 0.15) is 5.75 Å². The quantitative estimate of drug-likeness (QED) is 0.803. The van der Waals surface area contributed by atoms with Gasteiger partial charge in [0.15, 0.2) is 0 Å². The summed E-state index contributed by atoms with van der Waals surface area (Å²) in [4.78, 5) is 16.1. The van der Waals surface area contributed by atoms with Crippen molar-refractivity contribution in [2.75, 3.05) is 39.8 Å². The summed E-state index contributed by atoms with van der Waals surface area (Å²) in [6, 6.07) is 9.61. The molecule has 0 unspecified atom stereocenters. The van der Waals surface area contributed by atoms with Gasteiger partial charge >= 0.3 is 0 Å². The zero-order valence-corrected chi connectivity index (χ0v) is 10.8. The topological polar surface area (TPSA) is 32.8 Å². The lowest BCUT2D eigenvalue weighted by Crippen LogP contribution is -2.47. The third kappa shape index (κ3) is 3.74. The molecule has 0 aromatic heterocycles. The number of hydrogen-bond acceptors (Lipinski definition) is 3. The number of amides is 1. The maximum Gasteiger partial charge on any atom is 0.226 e. The van der Waals surface area contributed by atoms with E-state index >= 15 is 0 Å². The normalized spacial score (nSPS) is 16.6. The molecule has 0 saturated carbocycles. The standard InChI is InChI=1S/C14H20N2O2/c1-15-8-10-16(11-9-15)14(17)7-12-18-13-5-3-2-4-6-13/h2-6H,7-12H2,1H3. The van der Waals surface area contributed by atoms with Gasteiger partial charge in [0.05, 0.1) is 13.0 Å². The molecule has 1 amide bonds. The van der Waals surface area contributed by atoms with Gasteiger partial charge in [0, 0.05) is 26.2 Å². The van der Waals surface area contributed by atoms with Crippen LogP contribution < -0.4 is 4.74 Å². The van der Waals surface area contributed by atoms with Crippen LogP contribution in [0.5, 0.6) is 5.75 Å². The van der Waals surface area contributed by atoms with E-state index in [-0.39, 0.29) is 5.91 Å². The lowest BCUT2D eigenvalue weighted by molar-refractivity contribution is -0.133. The third-order valence-corrected chi connectivity index (χ3v) is 3.18. The van der Waals surface area contributed by atoms with Crippen LogP contribution in [0.1, 0.15) is 6.42 Å². The molecular weight excluding hydrogens is 228 g/mol. The van der Waals surface area contributed by atoms with E-state index < -0.39 is 0 Å². The van der Waals surface area contributed by atoms with Crippen molar-refractivity contribution in [3.63, 3.8) is 0 Å². The highest BCUT2D eigenvalue weighted by Crippen LogP contribution is 2.09. The average Bonchev–Trinajstić information content (AvgIpc) is 2.40. The first kappa shape index (κ1) is 12.9. The molecule has 1 aromatic carbocycles. The molecule has 0 aliphatic carbocycles. The van der Waals surface area contributed by atoms with E-state index in [2.05, 4.69) is 11.9 Å². The number of carbonyl (C=O) groups is 1. The molecule has 1 heterocycles. The van der Waals surface area contributed by atoms with Gasteiger partial charge in [-0.1, -0.05) is 18.2 Å². The van der Waals surface area contributed by atoms with E-state index in [1.165, 1.54) is 0 Å². The van der Waals surface area contributed by atoms with Crippen molar-refractivity contribution in [1.29, 1.82) is 0 Å². The van der Waals surface area contributed by atoms with Crippen molar-refractivity contribution in [2.24, 2.45) is 0 Å². The lowest BCUT2D eigenvalue weighted by atomic mass is 10.3. The van der Waals surface area contributed by atoms with Gasteiger partial charge in [-0.3, -0.25) is 4.79 Å². The van der Waals surface area contributed by atoms with Crippen molar-refractivity contribution >= 4 is 5.91 Å². The molecule has 1 saturated heterocycles. The van der Waals surface area contributed by atoms with Crippen molar-refractivity contribution in [1.82, 2.24) is 9.80 Å². The Bertz CT molecular complexity index is 373. The molecule has 0 bridgehead atoms. The minimum Gasteiger partial charge on any atom is -0.493 e. The summed E-state index contributed by atoms with van der Waals surface area (Å²) < 4.78 is 5.53. The number of rotatable bonds is 4. The van der Waals surface area contributed by atoms with E-state index in [0.29, 0.717) is 13.0 Å². The number of carbonyl (C=O) groups excluding carboxylic acids is 1. The first-order valence-electron chi connectivity index (χ1n) is 6.40. The van der Waals surface area contributed by atoms with E-state index in [1.807, 2.05) is 35.2 Å². The van der Waals surface area contributed by atoms with Gasteiger partial charge in [-0.15, -0.1) is 0 Å². The van der Waals surface area contributed by atoms with E-state index in [0.717, 1.165) is 31.9 Å².